The van der Waals surface area contributed by atoms with E-state index in [2.05, 4.69) is 15.1 Å². The molecule has 0 atom stereocenters. The van der Waals surface area contributed by atoms with Gasteiger partial charge in [-0.1, -0.05) is 0 Å². The van der Waals surface area contributed by atoms with Crippen molar-refractivity contribution in [2.45, 2.75) is 6.92 Å². The van der Waals surface area contributed by atoms with Gasteiger partial charge in [-0.25, -0.2) is 14.4 Å². The molecule has 0 aliphatic heterocycles. The highest BCUT2D eigenvalue weighted by Crippen LogP contribution is 2.18. The van der Waals surface area contributed by atoms with Crippen LogP contribution in [-0.2, 0) is 7.05 Å². The molecule has 72 valence electrons. The lowest BCUT2D eigenvalue weighted by Gasteiger charge is -1.99. The zero-order valence-corrected chi connectivity index (χ0v) is 7.90. The molecule has 0 radical (unpaired) electrons. The maximum Gasteiger partial charge on any atom is 0.172 e. The molecule has 4 nitrogen and oxygen atoms in total. The van der Waals surface area contributed by atoms with Gasteiger partial charge >= 0.3 is 0 Å². The van der Waals surface area contributed by atoms with Gasteiger partial charge < -0.3 is 0 Å². The van der Waals surface area contributed by atoms with Gasteiger partial charge in [-0.2, -0.15) is 5.10 Å². The van der Waals surface area contributed by atoms with Crippen LogP contribution in [0.25, 0.3) is 11.4 Å². The van der Waals surface area contributed by atoms with Crippen molar-refractivity contribution in [1.82, 2.24) is 19.7 Å². The molecule has 0 bridgehead atoms. The van der Waals surface area contributed by atoms with Crippen molar-refractivity contribution < 1.29 is 4.39 Å². The molecule has 0 aliphatic carbocycles. The van der Waals surface area contributed by atoms with Crippen LogP contribution in [0.3, 0.4) is 0 Å². The van der Waals surface area contributed by atoms with Crippen molar-refractivity contribution in [2.24, 2.45) is 7.05 Å². The highest BCUT2D eigenvalue weighted by molar-refractivity contribution is 5.54. The molecule has 2 heterocycles. The van der Waals surface area contributed by atoms with E-state index < -0.39 is 5.82 Å². The normalized spacial score (nSPS) is 10.5. The third kappa shape index (κ3) is 1.37. The van der Waals surface area contributed by atoms with E-state index >= 15 is 0 Å². The van der Waals surface area contributed by atoms with Crippen LogP contribution in [0.15, 0.2) is 18.6 Å². The van der Waals surface area contributed by atoms with Crippen LogP contribution in [0.4, 0.5) is 4.39 Å². The van der Waals surface area contributed by atoms with Crippen molar-refractivity contribution in [2.75, 3.05) is 0 Å². The number of hydrogen-bond donors (Lipinski definition) is 0. The second-order valence-corrected chi connectivity index (χ2v) is 3.00. The number of nitrogens with zero attached hydrogens (tertiary/aromatic N) is 4. The van der Waals surface area contributed by atoms with Crippen LogP contribution in [0.5, 0.6) is 0 Å². The smallest absolute Gasteiger partial charge is 0.172 e. The molecule has 5 heteroatoms. The van der Waals surface area contributed by atoms with Gasteiger partial charge in [-0.15, -0.1) is 0 Å². The standard InChI is InChI=1S/C9H9FN4/c1-6-8(10)9(12-5-11-6)7-3-4-14(2)13-7/h3-5H,1-2H3. The van der Waals surface area contributed by atoms with Gasteiger partial charge in [0, 0.05) is 13.2 Å². The SMILES string of the molecule is Cc1ncnc(-c2ccn(C)n2)c1F. The summed E-state index contributed by atoms with van der Waals surface area (Å²) >= 11 is 0. The molecule has 0 fully saturated rings. The minimum absolute atomic E-state index is 0.248. The summed E-state index contributed by atoms with van der Waals surface area (Å²) in [5, 5.41) is 4.07. The molecule has 0 aliphatic rings. The number of aryl methyl sites for hydroxylation is 2. The van der Waals surface area contributed by atoms with Gasteiger partial charge in [0.2, 0.25) is 0 Å². The Morgan fingerprint density at radius 3 is 2.79 bits per heavy atom. The molecule has 2 aromatic rings. The van der Waals surface area contributed by atoms with Crippen molar-refractivity contribution in [1.29, 1.82) is 0 Å². The van der Waals surface area contributed by atoms with Crippen molar-refractivity contribution in [3.05, 3.63) is 30.1 Å². The highest BCUT2D eigenvalue weighted by atomic mass is 19.1. The van der Waals surface area contributed by atoms with E-state index in [-0.39, 0.29) is 5.69 Å². The molecule has 0 saturated heterocycles. The first-order chi connectivity index (χ1) is 6.68. The summed E-state index contributed by atoms with van der Waals surface area (Å²) in [6, 6.07) is 1.71. The Hall–Kier alpha value is -1.78. The summed E-state index contributed by atoms with van der Waals surface area (Å²) in [6.45, 7) is 1.60. The Bertz CT molecular complexity index is 464. The van der Waals surface area contributed by atoms with Crippen molar-refractivity contribution in [3.8, 4) is 11.4 Å². The first kappa shape index (κ1) is 8.80. The first-order valence-corrected chi connectivity index (χ1v) is 4.15. The molecule has 14 heavy (non-hydrogen) atoms. The van der Waals surface area contributed by atoms with Crippen LogP contribution in [-0.4, -0.2) is 19.7 Å². The van der Waals surface area contributed by atoms with Gasteiger partial charge in [-0.3, -0.25) is 4.68 Å². The lowest BCUT2D eigenvalue weighted by molar-refractivity contribution is 0.604. The van der Waals surface area contributed by atoms with Crippen molar-refractivity contribution in [3.63, 3.8) is 0 Å². The summed E-state index contributed by atoms with van der Waals surface area (Å²) in [7, 11) is 1.77. The van der Waals surface area contributed by atoms with Crippen LogP contribution >= 0.6 is 0 Å². The Kier molecular flexibility index (Phi) is 1.99. The van der Waals surface area contributed by atoms with E-state index in [4.69, 9.17) is 0 Å². The van der Waals surface area contributed by atoms with Crippen LogP contribution in [0, 0.1) is 12.7 Å². The lowest BCUT2D eigenvalue weighted by Crippen LogP contribution is -1.97. The predicted octanol–water partition coefficient (Wildman–Crippen LogP) is 1.32. The summed E-state index contributed by atoms with van der Waals surface area (Å²) in [5.41, 5.74) is 1.11. The lowest BCUT2D eigenvalue weighted by atomic mass is 10.2. The summed E-state index contributed by atoms with van der Waals surface area (Å²) in [6.07, 6.45) is 3.08. The van der Waals surface area contributed by atoms with E-state index in [0.29, 0.717) is 11.4 Å². The fourth-order valence-electron chi connectivity index (χ4n) is 1.18. The molecule has 0 spiro atoms. The average molecular weight is 192 g/mol. The zero-order chi connectivity index (χ0) is 10.1. The molecular weight excluding hydrogens is 183 g/mol. The Labute approximate surface area is 80.4 Å². The zero-order valence-electron chi connectivity index (χ0n) is 7.90. The molecule has 2 rings (SSSR count). The van der Waals surface area contributed by atoms with E-state index in [1.54, 1.807) is 30.9 Å². The topological polar surface area (TPSA) is 43.6 Å². The molecule has 0 N–H and O–H groups in total. The molecular formula is C9H9FN4. The highest BCUT2D eigenvalue weighted by Gasteiger charge is 2.11. The fourth-order valence-corrected chi connectivity index (χ4v) is 1.18. The quantitative estimate of drug-likeness (QED) is 0.684. The van der Waals surface area contributed by atoms with Crippen molar-refractivity contribution >= 4 is 0 Å². The second kappa shape index (κ2) is 3.17. The third-order valence-electron chi connectivity index (χ3n) is 1.92. The average Bonchev–Trinajstić information content (AvgIpc) is 2.57. The van der Waals surface area contributed by atoms with Gasteiger partial charge in [0.25, 0.3) is 0 Å². The number of hydrogen-bond acceptors (Lipinski definition) is 3. The van der Waals surface area contributed by atoms with E-state index in [9.17, 15) is 4.39 Å². The molecule has 0 amide bonds. The van der Waals surface area contributed by atoms with Crippen LogP contribution < -0.4 is 0 Å². The Morgan fingerprint density at radius 1 is 1.36 bits per heavy atom. The van der Waals surface area contributed by atoms with Crippen LogP contribution in [0.1, 0.15) is 5.69 Å². The molecule has 0 aromatic carbocycles. The van der Waals surface area contributed by atoms with Gasteiger partial charge in [0.1, 0.15) is 17.7 Å². The fraction of sp³-hybridized carbons (Fsp3) is 0.222. The Balaban J connectivity index is 2.57. The minimum Gasteiger partial charge on any atom is -0.275 e. The second-order valence-electron chi connectivity index (χ2n) is 3.00. The number of halogens is 1. The van der Waals surface area contributed by atoms with Gasteiger partial charge in [0.05, 0.1) is 5.69 Å². The third-order valence-corrected chi connectivity index (χ3v) is 1.92. The maximum absolute atomic E-state index is 13.5. The number of aromatic nitrogens is 4. The van der Waals surface area contributed by atoms with Crippen LogP contribution in [0.2, 0.25) is 0 Å². The molecule has 2 aromatic heterocycles. The molecule has 0 saturated carbocycles. The summed E-state index contributed by atoms with van der Waals surface area (Å²) in [4.78, 5) is 7.61. The summed E-state index contributed by atoms with van der Waals surface area (Å²) in [5.74, 6) is -0.411. The number of rotatable bonds is 1. The Morgan fingerprint density at radius 2 is 2.14 bits per heavy atom. The monoisotopic (exact) mass is 192 g/mol. The van der Waals surface area contributed by atoms with E-state index in [1.165, 1.54) is 6.33 Å². The van der Waals surface area contributed by atoms with E-state index in [0.717, 1.165) is 0 Å². The largest absolute Gasteiger partial charge is 0.275 e. The predicted molar refractivity (Wildman–Crippen MR) is 48.9 cm³/mol. The van der Waals surface area contributed by atoms with E-state index in [1.807, 2.05) is 0 Å². The summed E-state index contributed by atoms with van der Waals surface area (Å²) < 4.78 is 15.1. The minimum atomic E-state index is -0.411. The molecule has 0 unspecified atom stereocenters. The first-order valence-electron chi connectivity index (χ1n) is 4.15. The van der Waals surface area contributed by atoms with Gasteiger partial charge in [-0.05, 0) is 13.0 Å². The maximum atomic E-state index is 13.5. The van der Waals surface area contributed by atoms with Gasteiger partial charge in [0.15, 0.2) is 5.82 Å².